The summed E-state index contributed by atoms with van der Waals surface area (Å²) >= 11 is 0. The quantitative estimate of drug-likeness (QED) is 0.902. The van der Waals surface area contributed by atoms with Gasteiger partial charge in [-0.15, -0.1) is 0 Å². The van der Waals surface area contributed by atoms with Gasteiger partial charge in [0.2, 0.25) is 0 Å². The third-order valence-electron chi connectivity index (χ3n) is 4.10. The van der Waals surface area contributed by atoms with E-state index in [9.17, 15) is 14.7 Å². The lowest BCUT2D eigenvalue weighted by molar-refractivity contribution is -0.140. The molecule has 23 heavy (non-hydrogen) atoms. The van der Waals surface area contributed by atoms with Crippen LogP contribution in [0.4, 0.5) is 5.82 Å². The number of aliphatic carboxylic acids is 1. The van der Waals surface area contributed by atoms with E-state index in [1.165, 1.54) is 21.9 Å². The molecule has 0 bridgehead atoms. The topological polar surface area (TPSA) is 84.2 Å². The molecule has 120 valence electrons. The average molecular weight is 313 g/mol. The number of carboxylic acid groups (broad SMARTS) is 1. The number of benzene rings is 1. The van der Waals surface area contributed by atoms with Gasteiger partial charge in [0.25, 0.3) is 5.56 Å². The molecule has 2 aromatic rings. The van der Waals surface area contributed by atoms with Crippen molar-refractivity contribution < 1.29 is 9.90 Å². The molecule has 0 amide bonds. The van der Waals surface area contributed by atoms with Crippen molar-refractivity contribution in [3.8, 4) is 0 Å². The number of nitrogens with one attached hydrogen (secondary N) is 1. The molecular weight excluding hydrogens is 294 g/mol. The lowest BCUT2D eigenvalue weighted by Gasteiger charge is -2.13. The Labute approximate surface area is 133 Å². The number of carboxylic acids is 1. The number of anilines is 1. The van der Waals surface area contributed by atoms with Crippen molar-refractivity contribution in [2.45, 2.75) is 39.3 Å². The lowest BCUT2D eigenvalue weighted by Crippen LogP contribution is -2.28. The van der Waals surface area contributed by atoms with Gasteiger partial charge in [-0.25, -0.2) is 9.78 Å². The van der Waals surface area contributed by atoms with Crippen molar-refractivity contribution in [1.82, 2.24) is 9.55 Å². The van der Waals surface area contributed by atoms with E-state index in [1.807, 2.05) is 13.8 Å². The van der Waals surface area contributed by atoms with E-state index in [-0.39, 0.29) is 5.56 Å². The predicted molar refractivity (Wildman–Crippen MR) is 86.7 cm³/mol. The summed E-state index contributed by atoms with van der Waals surface area (Å²) in [4.78, 5) is 27.4. The summed E-state index contributed by atoms with van der Waals surface area (Å²) in [6.45, 7) is 4.68. The molecule has 0 aliphatic carbocycles. The summed E-state index contributed by atoms with van der Waals surface area (Å²) in [6.07, 6.45) is 2.15. The molecule has 0 radical (unpaired) electrons. The summed E-state index contributed by atoms with van der Waals surface area (Å²) in [6, 6.07) is 5.51. The van der Waals surface area contributed by atoms with Gasteiger partial charge in [-0.05, 0) is 32.3 Å². The van der Waals surface area contributed by atoms with Crippen LogP contribution in [0, 0.1) is 13.8 Å². The second-order valence-corrected chi connectivity index (χ2v) is 6.00. The van der Waals surface area contributed by atoms with Crippen molar-refractivity contribution in [3.63, 3.8) is 0 Å². The maximum absolute atomic E-state index is 12.0. The van der Waals surface area contributed by atoms with Crippen LogP contribution in [0.25, 0.3) is 0 Å². The number of aromatic nitrogens is 2. The molecule has 6 heteroatoms. The number of fused-ring (bicyclic) bond motifs is 1. The second kappa shape index (κ2) is 5.87. The predicted octanol–water partition coefficient (Wildman–Crippen LogP) is 2.04. The molecule has 0 spiro atoms. The first-order valence-electron chi connectivity index (χ1n) is 7.60. The molecule has 1 aromatic heterocycles. The van der Waals surface area contributed by atoms with Gasteiger partial charge in [0.15, 0.2) is 0 Å². The Bertz CT molecular complexity index is 806. The smallest absolute Gasteiger partial charge is 0.326 e. The minimum atomic E-state index is -0.975. The van der Waals surface area contributed by atoms with Crippen molar-refractivity contribution in [3.05, 3.63) is 57.1 Å². The Morgan fingerprint density at radius 2 is 2.04 bits per heavy atom. The second-order valence-electron chi connectivity index (χ2n) is 6.00. The van der Waals surface area contributed by atoms with Gasteiger partial charge >= 0.3 is 5.97 Å². The van der Waals surface area contributed by atoms with Gasteiger partial charge < -0.3 is 10.4 Å². The van der Waals surface area contributed by atoms with Gasteiger partial charge in [0.05, 0.1) is 11.9 Å². The summed E-state index contributed by atoms with van der Waals surface area (Å²) < 4.78 is 1.35. The normalized spacial score (nSPS) is 16.2. The number of rotatable bonds is 4. The van der Waals surface area contributed by atoms with Crippen LogP contribution in [0.3, 0.4) is 0 Å². The number of aryl methyl sites for hydroxylation is 2. The molecule has 1 atom stereocenters. The van der Waals surface area contributed by atoms with E-state index < -0.39 is 12.0 Å². The van der Waals surface area contributed by atoms with Crippen molar-refractivity contribution in [1.29, 1.82) is 0 Å². The van der Waals surface area contributed by atoms with Gasteiger partial charge in [0.1, 0.15) is 11.9 Å². The molecule has 2 heterocycles. The first kappa shape index (κ1) is 15.3. The fourth-order valence-electron chi connectivity index (χ4n) is 3.23. The van der Waals surface area contributed by atoms with Gasteiger partial charge in [-0.1, -0.05) is 29.3 Å². The van der Waals surface area contributed by atoms with E-state index in [4.69, 9.17) is 0 Å². The highest BCUT2D eigenvalue weighted by atomic mass is 16.4. The van der Waals surface area contributed by atoms with Crippen molar-refractivity contribution in [2.75, 3.05) is 5.32 Å². The highest BCUT2D eigenvalue weighted by molar-refractivity contribution is 5.73. The Hall–Kier alpha value is -2.63. The molecule has 1 aromatic carbocycles. The highest BCUT2D eigenvalue weighted by Crippen LogP contribution is 2.28. The lowest BCUT2D eigenvalue weighted by atomic mass is 10.1. The van der Waals surface area contributed by atoms with Crippen LogP contribution in [0.1, 0.15) is 34.8 Å². The molecule has 1 aliphatic rings. The molecule has 3 rings (SSSR count). The zero-order chi connectivity index (χ0) is 16.6. The first-order valence-corrected chi connectivity index (χ1v) is 7.60. The fraction of sp³-hybridized carbons (Fsp3) is 0.353. The Balaban J connectivity index is 1.88. The Kier molecular flexibility index (Phi) is 3.90. The minimum Gasteiger partial charge on any atom is -0.480 e. The van der Waals surface area contributed by atoms with Gasteiger partial charge in [-0.2, -0.15) is 0 Å². The third-order valence-corrected chi connectivity index (χ3v) is 4.10. The van der Waals surface area contributed by atoms with Crippen LogP contribution in [-0.4, -0.2) is 20.6 Å². The molecule has 1 unspecified atom stereocenters. The molecule has 0 saturated carbocycles. The molecule has 0 fully saturated rings. The number of hydrogen-bond donors (Lipinski definition) is 2. The van der Waals surface area contributed by atoms with E-state index in [0.717, 1.165) is 5.56 Å². The maximum atomic E-state index is 12.0. The minimum absolute atomic E-state index is 0.359. The first-order chi connectivity index (χ1) is 11.0. The van der Waals surface area contributed by atoms with E-state index in [2.05, 4.69) is 28.5 Å². The van der Waals surface area contributed by atoms with Crippen LogP contribution >= 0.6 is 0 Å². The van der Waals surface area contributed by atoms with Gasteiger partial charge in [-0.3, -0.25) is 9.36 Å². The van der Waals surface area contributed by atoms with E-state index in [0.29, 0.717) is 30.9 Å². The Morgan fingerprint density at radius 3 is 2.70 bits per heavy atom. The summed E-state index contributed by atoms with van der Waals surface area (Å²) in [5, 5.41) is 12.5. The molecular formula is C17H19N3O3. The van der Waals surface area contributed by atoms with Gasteiger partial charge in [0, 0.05) is 6.54 Å². The van der Waals surface area contributed by atoms with E-state index >= 15 is 0 Å². The molecule has 0 saturated heterocycles. The van der Waals surface area contributed by atoms with Crippen molar-refractivity contribution in [2.24, 2.45) is 0 Å². The van der Waals surface area contributed by atoms with E-state index in [1.54, 1.807) is 0 Å². The molecule has 1 aliphatic heterocycles. The summed E-state index contributed by atoms with van der Waals surface area (Å²) in [7, 11) is 0. The summed E-state index contributed by atoms with van der Waals surface area (Å²) in [5.41, 5.74) is 3.82. The number of nitrogens with zero attached hydrogens (tertiary/aromatic N) is 2. The number of carbonyl (C=O) groups is 1. The maximum Gasteiger partial charge on any atom is 0.326 e. The van der Waals surface area contributed by atoms with Crippen LogP contribution < -0.4 is 10.9 Å². The van der Waals surface area contributed by atoms with Crippen LogP contribution in [0.5, 0.6) is 0 Å². The Morgan fingerprint density at radius 1 is 1.35 bits per heavy atom. The summed E-state index contributed by atoms with van der Waals surface area (Å²) in [5.74, 6) is -0.384. The monoisotopic (exact) mass is 313 g/mol. The van der Waals surface area contributed by atoms with Crippen LogP contribution in [0.15, 0.2) is 29.2 Å². The average Bonchev–Trinajstić information content (AvgIpc) is 2.92. The zero-order valence-electron chi connectivity index (χ0n) is 13.2. The van der Waals surface area contributed by atoms with Crippen molar-refractivity contribution >= 4 is 11.8 Å². The molecule has 6 nitrogen and oxygen atoms in total. The van der Waals surface area contributed by atoms with Crippen LogP contribution in [0.2, 0.25) is 0 Å². The standard InChI is InChI=1S/C17H19N3O3/c1-10-5-11(2)7-12(6-10)8-18-16-13-3-4-14(17(22)23)20(13)15(21)9-19-16/h5-7,9,14,18H,3-4,8H2,1-2H3,(H,22,23). The van der Waals surface area contributed by atoms with Crippen LogP contribution in [-0.2, 0) is 17.8 Å². The molecule has 2 N–H and O–H groups in total. The SMILES string of the molecule is Cc1cc(C)cc(CNc2ncc(=O)n3c2CCC3C(=O)O)c1. The zero-order valence-corrected chi connectivity index (χ0v) is 13.2. The highest BCUT2D eigenvalue weighted by Gasteiger charge is 2.31. The third kappa shape index (κ3) is 2.97. The fourth-order valence-corrected chi connectivity index (χ4v) is 3.23. The largest absolute Gasteiger partial charge is 0.480 e. The number of hydrogen-bond acceptors (Lipinski definition) is 4.